The van der Waals surface area contributed by atoms with Crippen molar-refractivity contribution in [3.63, 3.8) is 0 Å². The second-order valence-corrected chi connectivity index (χ2v) is 23.2. The van der Waals surface area contributed by atoms with E-state index in [1.54, 1.807) is 0 Å². The lowest BCUT2D eigenvalue weighted by molar-refractivity contribution is 0.437. The third-order valence-electron chi connectivity index (χ3n) is 17.1. The highest BCUT2D eigenvalue weighted by atomic mass is 32.2. The van der Waals surface area contributed by atoms with Crippen LogP contribution in [0.3, 0.4) is 0 Å². The highest BCUT2D eigenvalue weighted by molar-refractivity contribution is 7.99. The molecule has 0 unspecified atom stereocenters. The van der Waals surface area contributed by atoms with E-state index >= 15 is 0 Å². The molecule has 80 heavy (non-hydrogen) atoms. The number of thiophene rings is 1. The number of fused-ring (bicyclic) bond motifs is 24. The Kier molecular flexibility index (Phi) is 9.91. The molecule has 0 saturated carbocycles. The number of para-hydroxylation sites is 2. The van der Waals surface area contributed by atoms with Crippen molar-refractivity contribution in [2.75, 3.05) is 10.6 Å². The standard InChI is InChI=1S/2C37H23NOS/c1-4-14-26-23(11-1)24-12-2-5-15-27(24)37(26)28-16-6-7-19-31(28)39-32-20-9-18-30(36(32)37)38-29-17-10-22-34-35(29)25-13-3-8-21-33(25)40-34;1-4-14-26-23(11-1)24-12-2-5-15-27(24)37(26)28-16-6-8-22-34(28)40-36-29(37)17-9-19-31(36)38-30-18-10-21-33-35(30)25-13-3-7-20-32(25)39-33/h2*1-22,38H. The summed E-state index contributed by atoms with van der Waals surface area (Å²) in [7, 11) is 0. The summed E-state index contributed by atoms with van der Waals surface area (Å²) in [6, 6.07) is 96.0. The summed E-state index contributed by atoms with van der Waals surface area (Å²) in [6.45, 7) is 0. The van der Waals surface area contributed by atoms with Crippen LogP contribution in [0, 0.1) is 0 Å². The van der Waals surface area contributed by atoms with Crippen LogP contribution in [0.5, 0.6) is 11.5 Å². The zero-order valence-corrected chi connectivity index (χ0v) is 44.7. The second kappa shape index (κ2) is 17.5. The van der Waals surface area contributed by atoms with Gasteiger partial charge in [0.1, 0.15) is 22.7 Å². The van der Waals surface area contributed by atoms with Crippen molar-refractivity contribution in [2.45, 2.75) is 20.6 Å². The van der Waals surface area contributed by atoms with Crippen LogP contribution in [0.4, 0.5) is 22.7 Å². The van der Waals surface area contributed by atoms with Crippen LogP contribution in [0.1, 0.15) is 44.5 Å². The van der Waals surface area contributed by atoms with Gasteiger partial charge in [0.2, 0.25) is 0 Å². The quantitative estimate of drug-likeness (QED) is 0.184. The molecule has 18 rings (SSSR count). The maximum absolute atomic E-state index is 6.68. The third kappa shape index (κ3) is 6.28. The molecule has 2 N–H and O–H groups in total. The average Bonchev–Trinajstić information content (AvgIpc) is 3.20. The topological polar surface area (TPSA) is 46.4 Å². The number of hydrogen-bond acceptors (Lipinski definition) is 6. The van der Waals surface area contributed by atoms with Gasteiger partial charge in [0, 0.05) is 57.9 Å². The Bertz CT molecular complexity index is 4800. The van der Waals surface area contributed by atoms with Crippen LogP contribution >= 0.6 is 23.1 Å². The first-order valence-corrected chi connectivity index (χ1v) is 28.9. The Balaban J connectivity index is 0.000000128. The summed E-state index contributed by atoms with van der Waals surface area (Å²) >= 11 is 3.71. The normalized spacial score (nSPS) is 14.0. The highest BCUT2D eigenvalue weighted by Crippen LogP contribution is 2.65. The van der Waals surface area contributed by atoms with E-state index in [9.17, 15) is 0 Å². The number of ether oxygens (including phenoxy) is 1. The van der Waals surface area contributed by atoms with E-state index in [0.29, 0.717) is 0 Å². The molecule has 0 fully saturated rings. The molecule has 14 aromatic rings. The fourth-order valence-electron chi connectivity index (χ4n) is 14.0. The summed E-state index contributed by atoms with van der Waals surface area (Å²) in [5.74, 6) is 1.79. The Labute approximate surface area is 470 Å². The SMILES string of the molecule is c1ccc2c(c1)Oc1cccc(Nc3cccc4sc5ccccc5c34)c1C21c2ccccc2-c2ccccc21.c1ccc2c(c1)Sc1c(Nc3cccc4oc5ccccc5c34)cccc1C21c2ccccc2-c2ccccc21. The van der Waals surface area contributed by atoms with E-state index in [-0.39, 0.29) is 5.41 Å². The van der Waals surface area contributed by atoms with Crippen molar-refractivity contribution < 1.29 is 9.15 Å². The maximum atomic E-state index is 6.68. The van der Waals surface area contributed by atoms with Gasteiger partial charge >= 0.3 is 0 Å². The molecule has 0 saturated heterocycles. The van der Waals surface area contributed by atoms with Crippen LogP contribution in [0.2, 0.25) is 0 Å². The van der Waals surface area contributed by atoms with Crippen molar-refractivity contribution in [2.24, 2.45) is 0 Å². The Morgan fingerprint density at radius 2 is 0.787 bits per heavy atom. The summed E-state index contributed by atoms with van der Waals surface area (Å²) in [5, 5.41) is 12.6. The third-order valence-corrected chi connectivity index (χ3v) is 19.4. The van der Waals surface area contributed by atoms with E-state index < -0.39 is 5.41 Å². The van der Waals surface area contributed by atoms with E-state index in [1.165, 1.54) is 91.2 Å². The summed E-state index contributed by atoms with van der Waals surface area (Å²) < 4.78 is 15.5. The minimum Gasteiger partial charge on any atom is -0.457 e. The molecular weight excluding hydrogens is 1010 g/mol. The molecule has 2 aliphatic carbocycles. The first-order chi connectivity index (χ1) is 39.7. The van der Waals surface area contributed by atoms with Crippen molar-refractivity contribution in [3.05, 3.63) is 311 Å². The predicted molar refractivity (Wildman–Crippen MR) is 331 cm³/mol. The highest BCUT2D eigenvalue weighted by Gasteiger charge is 2.53. The largest absolute Gasteiger partial charge is 0.457 e. The van der Waals surface area contributed by atoms with Gasteiger partial charge < -0.3 is 19.8 Å². The van der Waals surface area contributed by atoms with Gasteiger partial charge in [-0.2, -0.15) is 0 Å². The first kappa shape index (κ1) is 45.4. The molecule has 0 bridgehead atoms. The van der Waals surface area contributed by atoms with Crippen LogP contribution in [0.25, 0.3) is 64.4 Å². The zero-order valence-electron chi connectivity index (χ0n) is 43.0. The Morgan fingerprint density at radius 3 is 1.52 bits per heavy atom. The van der Waals surface area contributed by atoms with Crippen LogP contribution in [-0.4, -0.2) is 0 Å². The van der Waals surface area contributed by atoms with Gasteiger partial charge in [0.25, 0.3) is 0 Å². The lowest BCUT2D eigenvalue weighted by Crippen LogP contribution is -2.33. The summed E-state index contributed by atoms with van der Waals surface area (Å²) in [4.78, 5) is 2.56. The zero-order chi connectivity index (χ0) is 52.5. The average molecular weight is 1060 g/mol. The van der Waals surface area contributed by atoms with Gasteiger partial charge in [-0.15, -0.1) is 11.3 Å². The molecule has 12 aromatic carbocycles. The Hall–Kier alpha value is -9.59. The van der Waals surface area contributed by atoms with Gasteiger partial charge in [-0.1, -0.05) is 212 Å². The van der Waals surface area contributed by atoms with Crippen molar-refractivity contribution in [3.8, 4) is 33.8 Å². The van der Waals surface area contributed by atoms with E-state index in [0.717, 1.165) is 61.8 Å². The molecule has 4 heterocycles. The predicted octanol–water partition coefficient (Wildman–Crippen LogP) is 20.4. The molecule has 6 heteroatoms. The van der Waals surface area contributed by atoms with E-state index in [4.69, 9.17) is 9.15 Å². The molecule has 0 radical (unpaired) electrons. The molecule has 4 nitrogen and oxygen atoms in total. The lowest BCUT2D eigenvalue weighted by atomic mass is 9.65. The van der Waals surface area contributed by atoms with Gasteiger partial charge in [0.15, 0.2) is 0 Å². The number of hydrogen-bond donors (Lipinski definition) is 2. The number of benzene rings is 12. The maximum Gasteiger partial charge on any atom is 0.137 e. The fourth-order valence-corrected chi connectivity index (χ4v) is 16.4. The van der Waals surface area contributed by atoms with Crippen molar-refractivity contribution in [1.29, 1.82) is 0 Å². The van der Waals surface area contributed by atoms with Crippen molar-refractivity contribution in [1.82, 2.24) is 0 Å². The molecule has 0 amide bonds. The van der Waals surface area contributed by atoms with Crippen LogP contribution in [0.15, 0.2) is 281 Å². The van der Waals surface area contributed by atoms with Gasteiger partial charge in [0.05, 0.1) is 27.6 Å². The minimum absolute atomic E-state index is 0.379. The van der Waals surface area contributed by atoms with E-state index in [2.05, 4.69) is 259 Å². The summed E-state index contributed by atoms with van der Waals surface area (Å²) in [5.41, 5.74) is 20.7. The molecule has 0 atom stereocenters. The number of rotatable bonds is 4. The molecule has 2 aromatic heterocycles. The van der Waals surface area contributed by atoms with Crippen LogP contribution in [-0.2, 0) is 10.8 Å². The first-order valence-electron chi connectivity index (χ1n) is 27.2. The van der Waals surface area contributed by atoms with Gasteiger partial charge in [-0.3, -0.25) is 0 Å². The lowest BCUT2D eigenvalue weighted by Gasteiger charge is -2.40. The van der Waals surface area contributed by atoms with Crippen LogP contribution < -0.4 is 15.4 Å². The minimum atomic E-state index is -0.508. The molecule has 376 valence electrons. The molecular formula is C74H46N2O2S2. The Morgan fingerprint density at radius 1 is 0.312 bits per heavy atom. The fraction of sp³-hybridized carbons (Fsp3) is 0.0270. The molecule has 2 aliphatic heterocycles. The van der Waals surface area contributed by atoms with E-state index in [1.807, 2.05) is 41.3 Å². The number of furan rings is 1. The number of nitrogens with one attached hydrogen (secondary N) is 2. The van der Waals surface area contributed by atoms with Crippen molar-refractivity contribution >= 4 is 88.0 Å². The monoisotopic (exact) mass is 1060 g/mol. The molecule has 2 spiro atoms. The number of anilines is 4. The van der Waals surface area contributed by atoms with Gasteiger partial charge in [-0.05, 0) is 122 Å². The summed E-state index contributed by atoms with van der Waals surface area (Å²) in [6.07, 6.45) is 0. The van der Waals surface area contributed by atoms with Gasteiger partial charge in [-0.25, -0.2) is 0 Å². The molecule has 4 aliphatic rings. The second-order valence-electron chi connectivity index (χ2n) is 21.0. The smallest absolute Gasteiger partial charge is 0.137 e.